The van der Waals surface area contributed by atoms with Gasteiger partial charge in [0, 0.05) is 12.1 Å². The monoisotopic (exact) mass is 334 g/mol. The second-order valence-electron chi connectivity index (χ2n) is 4.64. The Kier molecular flexibility index (Phi) is 5.67. The van der Waals surface area contributed by atoms with Gasteiger partial charge < -0.3 is 14.8 Å². The fourth-order valence-electron chi connectivity index (χ4n) is 1.94. The Labute approximate surface area is 137 Å². The highest BCUT2D eigenvalue weighted by Crippen LogP contribution is 2.28. The van der Waals surface area contributed by atoms with Crippen LogP contribution in [-0.4, -0.2) is 24.0 Å². The largest absolute Gasteiger partial charge is 0.492 e. The number of carbonyl (C=O) groups excluding carboxylic acids is 1. The van der Waals surface area contributed by atoms with Crippen LogP contribution in [0.1, 0.15) is 6.92 Å². The van der Waals surface area contributed by atoms with Crippen LogP contribution < -0.4 is 14.8 Å². The molecule has 0 atom stereocenters. The highest BCUT2D eigenvalue weighted by molar-refractivity contribution is 5.93. The highest BCUT2D eigenvalue weighted by Gasteiger charge is 2.17. The molecule has 126 valence electrons. The molecule has 0 aliphatic rings. The van der Waals surface area contributed by atoms with Gasteiger partial charge in [0.15, 0.2) is 6.61 Å². The van der Waals surface area contributed by atoms with E-state index in [0.29, 0.717) is 18.0 Å². The maximum atomic E-state index is 13.2. The third-order valence-electron chi connectivity index (χ3n) is 2.94. The summed E-state index contributed by atoms with van der Waals surface area (Å²) in [7, 11) is 0. The summed E-state index contributed by atoms with van der Waals surface area (Å²) in [6.07, 6.45) is 0. The number of amides is 1. The van der Waals surface area contributed by atoms with E-state index in [-0.39, 0.29) is 5.75 Å². The molecule has 0 aromatic heterocycles. The Morgan fingerprint density at radius 2 is 1.96 bits per heavy atom. The van der Waals surface area contributed by atoms with Crippen LogP contribution >= 0.6 is 0 Å². The number of para-hydroxylation sites is 2. The van der Waals surface area contributed by atoms with Gasteiger partial charge in [-0.2, -0.15) is 0 Å². The summed E-state index contributed by atoms with van der Waals surface area (Å²) in [5.74, 6) is -1.07. The number of hydrogen-bond acceptors (Lipinski definition) is 5. The lowest BCUT2D eigenvalue weighted by molar-refractivity contribution is -0.385. The van der Waals surface area contributed by atoms with Crippen LogP contribution in [0.25, 0.3) is 0 Å². The molecule has 0 unspecified atom stereocenters. The molecule has 2 rings (SSSR count). The van der Waals surface area contributed by atoms with Crippen LogP contribution in [-0.2, 0) is 4.79 Å². The van der Waals surface area contributed by atoms with E-state index >= 15 is 0 Å². The number of nitro groups is 1. The number of nitrogens with zero attached hydrogens (tertiary/aromatic N) is 1. The molecule has 0 fully saturated rings. The van der Waals surface area contributed by atoms with Crippen LogP contribution in [0.5, 0.6) is 11.5 Å². The van der Waals surface area contributed by atoms with Gasteiger partial charge in [0.05, 0.1) is 17.2 Å². The van der Waals surface area contributed by atoms with E-state index in [2.05, 4.69) is 5.32 Å². The van der Waals surface area contributed by atoms with Crippen LogP contribution in [0.2, 0.25) is 0 Å². The van der Waals surface area contributed by atoms with Crippen LogP contribution in [0, 0.1) is 15.9 Å². The number of nitro benzene ring substituents is 1. The Morgan fingerprint density at radius 3 is 2.67 bits per heavy atom. The fraction of sp³-hybridized carbons (Fsp3) is 0.188. The zero-order valence-corrected chi connectivity index (χ0v) is 12.8. The van der Waals surface area contributed by atoms with E-state index in [4.69, 9.17) is 9.47 Å². The molecule has 0 bridgehead atoms. The van der Waals surface area contributed by atoms with Crippen molar-refractivity contribution in [1.82, 2.24) is 0 Å². The molecule has 0 spiro atoms. The number of carbonyl (C=O) groups is 1. The van der Waals surface area contributed by atoms with Gasteiger partial charge in [-0.15, -0.1) is 0 Å². The van der Waals surface area contributed by atoms with E-state index < -0.39 is 28.9 Å². The quantitative estimate of drug-likeness (QED) is 0.620. The van der Waals surface area contributed by atoms with Crippen molar-refractivity contribution in [2.45, 2.75) is 6.92 Å². The normalized spacial score (nSPS) is 10.1. The lowest BCUT2D eigenvalue weighted by Crippen LogP contribution is -2.21. The lowest BCUT2D eigenvalue weighted by atomic mass is 10.3. The summed E-state index contributed by atoms with van der Waals surface area (Å²) < 4.78 is 23.7. The zero-order valence-electron chi connectivity index (χ0n) is 12.8. The first kappa shape index (κ1) is 17.2. The molecule has 24 heavy (non-hydrogen) atoms. The second-order valence-corrected chi connectivity index (χ2v) is 4.64. The topological polar surface area (TPSA) is 90.7 Å². The van der Waals surface area contributed by atoms with Crippen LogP contribution in [0.4, 0.5) is 15.8 Å². The standard InChI is InChI=1S/C16H15FN2O5/c1-2-23-14-6-4-3-5-12(14)18-16(20)10-24-15-9-11(17)7-8-13(15)19(21)22/h3-9H,2,10H2,1H3,(H,18,20). The maximum absolute atomic E-state index is 13.2. The first-order valence-corrected chi connectivity index (χ1v) is 7.09. The molecule has 2 aromatic carbocycles. The van der Waals surface area contributed by atoms with E-state index in [1.807, 2.05) is 6.92 Å². The Balaban J connectivity index is 2.04. The SMILES string of the molecule is CCOc1ccccc1NC(=O)COc1cc(F)ccc1[N+](=O)[O-]. The van der Waals surface area contributed by atoms with Gasteiger partial charge in [-0.05, 0) is 25.1 Å². The number of nitrogens with one attached hydrogen (secondary N) is 1. The number of rotatable bonds is 7. The summed E-state index contributed by atoms with van der Waals surface area (Å²) in [6, 6.07) is 9.60. The van der Waals surface area contributed by atoms with E-state index in [9.17, 15) is 19.3 Å². The van der Waals surface area contributed by atoms with Gasteiger partial charge >= 0.3 is 5.69 Å². The smallest absolute Gasteiger partial charge is 0.311 e. The highest BCUT2D eigenvalue weighted by atomic mass is 19.1. The van der Waals surface area contributed by atoms with Crippen molar-refractivity contribution < 1.29 is 23.6 Å². The predicted octanol–water partition coefficient (Wildman–Crippen LogP) is 3.15. The second kappa shape index (κ2) is 7.91. The minimum Gasteiger partial charge on any atom is -0.492 e. The summed E-state index contributed by atoms with van der Waals surface area (Å²) in [4.78, 5) is 22.1. The molecule has 1 amide bonds. The lowest BCUT2D eigenvalue weighted by Gasteiger charge is -2.11. The Morgan fingerprint density at radius 1 is 1.21 bits per heavy atom. The molecule has 0 heterocycles. The third kappa shape index (κ3) is 4.42. The average molecular weight is 334 g/mol. The van der Waals surface area contributed by atoms with E-state index in [1.165, 1.54) is 0 Å². The summed E-state index contributed by atoms with van der Waals surface area (Å²) >= 11 is 0. The van der Waals surface area contributed by atoms with Crippen molar-refractivity contribution >= 4 is 17.3 Å². The van der Waals surface area contributed by atoms with Gasteiger partial charge in [0.25, 0.3) is 5.91 Å². The van der Waals surface area contributed by atoms with Crippen molar-refractivity contribution in [2.24, 2.45) is 0 Å². The Bertz CT molecular complexity index is 751. The number of hydrogen-bond donors (Lipinski definition) is 1. The average Bonchev–Trinajstić information content (AvgIpc) is 2.55. The fourth-order valence-corrected chi connectivity index (χ4v) is 1.94. The molecule has 2 aromatic rings. The first-order valence-electron chi connectivity index (χ1n) is 7.09. The summed E-state index contributed by atoms with van der Waals surface area (Å²) in [6.45, 7) is 1.73. The molecular weight excluding hydrogens is 319 g/mol. The van der Waals surface area contributed by atoms with Gasteiger partial charge in [-0.25, -0.2) is 4.39 Å². The number of halogens is 1. The van der Waals surface area contributed by atoms with Crippen molar-refractivity contribution in [1.29, 1.82) is 0 Å². The van der Waals surface area contributed by atoms with Gasteiger partial charge in [0.1, 0.15) is 11.6 Å². The van der Waals surface area contributed by atoms with Crippen molar-refractivity contribution in [3.8, 4) is 11.5 Å². The molecule has 7 nitrogen and oxygen atoms in total. The molecule has 0 aliphatic carbocycles. The first-order chi connectivity index (χ1) is 11.5. The van der Waals surface area contributed by atoms with Crippen LogP contribution in [0.3, 0.4) is 0 Å². The predicted molar refractivity (Wildman–Crippen MR) is 84.8 cm³/mol. The molecule has 0 radical (unpaired) electrons. The zero-order chi connectivity index (χ0) is 17.5. The van der Waals surface area contributed by atoms with Crippen molar-refractivity contribution in [2.75, 3.05) is 18.5 Å². The molecule has 8 heteroatoms. The minimum absolute atomic E-state index is 0.312. The molecular formula is C16H15FN2O5. The Hall–Kier alpha value is -3.16. The third-order valence-corrected chi connectivity index (χ3v) is 2.94. The maximum Gasteiger partial charge on any atom is 0.311 e. The van der Waals surface area contributed by atoms with Gasteiger partial charge in [-0.3, -0.25) is 14.9 Å². The molecule has 0 aliphatic heterocycles. The van der Waals surface area contributed by atoms with E-state index in [1.54, 1.807) is 24.3 Å². The summed E-state index contributed by atoms with van der Waals surface area (Å²) in [5.41, 5.74) is 0.0283. The van der Waals surface area contributed by atoms with Gasteiger partial charge in [-0.1, -0.05) is 12.1 Å². The van der Waals surface area contributed by atoms with Crippen molar-refractivity contribution in [3.63, 3.8) is 0 Å². The number of benzene rings is 2. The summed E-state index contributed by atoms with van der Waals surface area (Å²) in [5, 5.41) is 13.4. The molecule has 0 saturated carbocycles. The van der Waals surface area contributed by atoms with Crippen molar-refractivity contribution in [3.05, 3.63) is 58.4 Å². The van der Waals surface area contributed by atoms with Crippen LogP contribution in [0.15, 0.2) is 42.5 Å². The minimum atomic E-state index is -0.711. The number of ether oxygens (including phenoxy) is 2. The molecule has 0 saturated heterocycles. The van der Waals surface area contributed by atoms with E-state index in [0.717, 1.165) is 18.2 Å². The number of anilines is 1. The molecule has 1 N–H and O–H groups in total. The van der Waals surface area contributed by atoms with Gasteiger partial charge in [0.2, 0.25) is 5.75 Å².